The second-order valence-corrected chi connectivity index (χ2v) is 6.14. The van der Waals surface area contributed by atoms with Gasteiger partial charge in [0.15, 0.2) is 0 Å². The Morgan fingerprint density at radius 3 is 2.92 bits per heavy atom. The lowest BCUT2D eigenvalue weighted by molar-refractivity contribution is 0.0601. The highest BCUT2D eigenvalue weighted by Crippen LogP contribution is 2.29. The Hall–Kier alpha value is -2.25. The molecular formula is C17H21N3O4. The van der Waals surface area contributed by atoms with E-state index in [-0.39, 0.29) is 12.2 Å². The molecule has 0 atom stereocenters. The molecule has 1 aliphatic carbocycles. The first-order chi connectivity index (χ1) is 11.6. The Labute approximate surface area is 139 Å². The van der Waals surface area contributed by atoms with Gasteiger partial charge >= 0.3 is 5.97 Å². The highest BCUT2D eigenvalue weighted by atomic mass is 16.5. The molecule has 0 unspecified atom stereocenters. The van der Waals surface area contributed by atoms with Crippen LogP contribution in [0.5, 0.6) is 0 Å². The van der Waals surface area contributed by atoms with E-state index in [1.54, 1.807) is 18.2 Å². The van der Waals surface area contributed by atoms with Gasteiger partial charge in [-0.05, 0) is 37.0 Å². The Morgan fingerprint density at radius 1 is 1.46 bits per heavy atom. The molecule has 0 amide bonds. The molecule has 24 heavy (non-hydrogen) atoms. The van der Waals surface area contributed by atoms with Crippen molar-refractivity contribution in [2.45, 2.75) is 19.4 Å². The number of methoxy groups -OCH3 is 1. The van der Waals surface area contributed by atoms with Gasteiger partial charge in [0.05, 0.1) is 36.7 Å². The number of carbonyl (C=O) groups is 1. The maximum atomic E-state index is 12.2. The van der Waals surface area contributed by atoms with Crippen LogP contribution in [-0.2, 0) is 11.3 Å². The van der Waals surface area contributed by atoms with Crippen molar-refractivity contribution in [1.29, 1.82) is 0 Å². The fraction of sp³-hybridized carbons (Fsp3) is 0.471. The third kappa shape index (κ3) is 3.80. The van der Waals surface area contributed by atoms with Crippen molar-refractivity contribution in [2.24, 2.45) is 5.92 Å². The Morgan fingerprint density at radius 2 is 2.25 bits per heavy atom. The van der Waals surface area contributed by atoms with Crippen molar-refractivity contribution < 1.29 is 14.6 Å². The van der Waals surface area contributed by atoms with Gasteiger partial charge in [-0.2, -0.15) is 0 Å². The Kier molecular flexibility index (Phi) is 4.92. The van der Waals surface area contributed by atoms with Crippen molar-refractivity contribution in [3.05, 3.63) is 39.9 Å². The SMILES string of the molecule is COC(=O)c1ccc2c(=O)[nH]c(CN(CCO)CC3CC3)nc2c1. The molecular weight excluding hydrogens is 310 g/mol. The summed E-state index contributed by atoms with van der Waals surface area (Å²) in [6.45, 7) is 1.96. The van der Waals surface area contributed by atoms with Crippen LogP contribution in [0.15, 0.2) is 23.0 Å². The van der Waals surface area contributed by atoms with Crippen LogP contribution in [0.4, 0.5) is 0 Å². The molecule has 2 N–H and O–H groups in total. The van der Waals surface area contributed by atoms with Crippen molar-refractivity contribution in [3.8, 4) is 0 Å². The normalized spacial score (nSPS) is 14.3. The van der Waals surface area contributed by atoms with Crippen LogP contribution in [-0.4, -0.2) is 52.7 Å². The highest BCUT2D eigenvalue weighted by Gasteiger charge is 2.24. The van der Waals surface area contributed by atoms with Crippen molar-refractivity contribution in [2.75, 3.05) is 26.8 Å². The molecule has 0 aliphatic heterocycles. The van der Waals surface area contributed by atoms with Gasteiger partial charge in [-0.3, -0.25) is 9.69 Å². The standard InChI is InChI=1S/C17H21N3O4/c1-24-17(23)12-4-5-13-14(8-12)18-15(19-16(13)22)10-20(6-7-21)9-11-2-3-11/h4-5,8,11,21H,2-3,6-7,9-10H2,1H3,(H,18,19,22). The van der Waals surface area contributed by atoms with E-state index in [4.69, 9.17) is 4.74 Å². The van der Waals surface area contributed by atoms with Gasteiger partial charge in [0, 0.05) is 13.1 Å². The number of hydrogen-bond acceptors (Lipinski definition) is 6. The van der Waals surface area contributed by atoms with Crippen LogP contribution >= 0.6 is 0 Å². The number of aromatic amines is 1. The van der Waals surface area contributed by atoms with E-state index >= 15 is 0 Å². The number of aliphatic hydroxyl groups is 1. The summed E-state index contributed by atoms with van der Waals surface area (Å²) in [6, 6.07) is 4.69. The first kappa shape index (κ1) is 16.6. The third-order valence-electron chi connectivity index (χ3n) is 4.18. The zero-order valence-corrected chi connectivity index (χ0v) is 13.6. The Bertz CT molecular complexity index is 798. The molecule has 0 bridgehead atoms. The number of nitrogens with zero attached hydrogens (tertiary/aromatic N) is 2. The summed E-state index contributed by atoms with van der Waals surface area (Å²) in [5, 5.41) is 9.65. The smallest absolute Gasteiger partial charge is 0.337 e. The molecule has 0 saturated heterocycles. The summed E-state index contributed by atoms with van der Waals surface area (Å²) in [5.41, 5.74) is 0.591. The summed E-state index contributed by atoms with van der Waals surface area (Å²) in [7, 11) is 1.31. The lowest BCUT2D eigenvalue weighted by Gasteiger charge is -2.20. The minimum absolute atomic E-state index is 0.0665. The van der Waals surface area contributed by atoms with Gasteiger partial charge in [-0.15, -0.1) is 0 Å². The van der Waals surface area contributed by atoms with Gasteiger partial charge in [-0.25, -0.2) is 9.78 Å². The number of rotatable bonds is 7. The molecule has 1 aromatic heterocycles. The summed E-state index contributed by atoms with van der Waals surface area (Å²) >= 11 is 0. The van der Waals surface area contributed by atoms with E-state index < -0.39 is 5.97 Å². The minimum Gasteiger partial charge on any atom is -0.465 e. The van der Waals surface area contributed by atoms with Crippen LogP contribution in [0.2, 0.25) is 0 Å². The van der Waals surface area contributed by atoms with E-state index in [1.807, 2.05) is 0 Å². The Balaban J connectivity index is 1.89. The number of hydrogen-bond donors (Lipinski definition) is 2. The predicted octanol–water partition coefficient (Wildman–Crippen LogP) is 0.914. The van der Waals surface area contributed by atoms with Gasteiger partial charge < -0.3 is 14.8 Å². The fourth-order valence-corrected chi connectivity index (χ4v) is 2.76. The fourth-order valence-electron chi connectivity index (χ4n) is 2.76. The zero-order valence-electron chi connectivity index (χ0n) is 13.6. The average molecular weight is 331 g/mol. The quantitative estimate of drug-likeness (QED) is 0.732. The summed E-state index contributed by atoms with van der Waals surface area (Å²) < 4.78 is 4.70. The van der Waals surface area contributed by atoms with Crippen LogP contribution in [0.1, 0.15) is 29.0 Å². The molecule has 1 fully saturated rings. The molecule has 7 heteroatoms. The number of benzene rings is 1. The minimum atomic E-state index is -0.462. The largest absolute Gasteiger partial charge is 0.465 e. The third-order valence-corrected chi connectivity index (χ3v) is 4.18. The second kappa shape index (κ2) is 7.11. The topological polar surface area (TPSA) is 95.5 Å². The number of fused-ring (bicyclic) bond motifs is 1. The molecule has 2 aromatic rings. The number of aliphatic hydroxyl groups excluding tert-OH is 1. The lowest BCUT2D eigenvalue weighted by atomic mass is 10.1. The number of ether oxygens (including phenoxy) is 1. The van der Waals surface area contributed by atoms with Crippen LogP contribution in [0.25, 0.3) is 10.9 Å². The molecule has 1 heterocycles. The molecule has 1 aromatic carbocycles. The van der Waals surface area contributed by atoms with Gasteiger partial charge in [0.2, 0.25) is 0 Å². The maximum absolute atomic E-state index is 12.2. The molecule has 1 aliphatic rings. The molecule has 0 radical (unpaired) electrons. The predicted molar refractivity (Wildman–Crippen MR) is 88.8 cm³/mol. The monoisotopic (exact) mass is 331 g/mol. The summed E-state index contributed by atoms with van der Waals surface area (Å²) in [4.78, 5) is 33.2. The zero-order chi connectivity index (χ0) is 17.1. The molecule has 0 spiro atoms. The van der Waals surface area contributed by atoms with Gasteiger partial charge in [0.25, 0.3) is 5.56 Å². The lowest BCUT2D eigenvalue weighted by Crippen LogP contribution is -2.30. The van der Waals surface area contributed by atoms with E-state index in [2.05, 4.69) is 14.9 Å². The van der Waals surface area contributed by atoms with E-state index in [0.717, 1.165) is 6.54 Å². The summed E-state index contributed by atoms with van der Waals surface area (Å²) in [6.07, 6.45) is 2.43. The first-order valence-electron chi connectivity index (χ1n) is 8.05. The van der Waals surface area contributed by atoms with E-state index in [0.29, 0.717) is 41.3 Å². The number of esters is 1. The first-order valence-corrected chi connectivity index (χ1v) is 8.05. The van der Waals surface area contributed by atoms with Crippen LogP contribution < -0.4 is 5.56 Å². The average Bonchev–Trinajstić information content (AvgIpc) is 3.37. The van der Waals surface area contributed by atoms with Gasteiger partial charge in [-0.1, -0.05) is 0 Å². The number of aromatic nitrogens is 2. The van der Waals surface area contributed by atoms with E-state index in [9.17, 15) is 14.7 Å². The maximum Gasteiger partial charge on any atom is 0.337 e. The molecule has 3 rings (SSSR count). The summed E-state index contributed by atoms with van der Waals surface area (Å²) in [5.74, 6) is 0.745. The molecule has 128 valence electrons. The van der Waals surface area contributed by atoms with Crippen molar-refractivity contribution in [3.63, 3.8) is 0 Å². The number of nitrogens with one attached hydrogen (secondary N) is 1. The number of carbonyl (C=O) groups excluding carboxylic acids is 1. The number of H-pyrrole nitrogens is 1. The molecule has 1 saturated carbocycles. The van der Waals surface area contributed by atoms with Crippen LogP contribution in [0.3, 0.4) is 0 Å². The van der Waals surface area contributed by atoms with E-state index in [1.165, 1.54) is 20.0 Å². The van der Waals surface area contributed by atoms with Crippen molar-refractivity contribution in [1.82, 2.24) is 14.9 Å². The van der Waals surface area contributed by atoms with Crippen LogP contribution in [0, 0.1) is 5.92 Å². The highest BCUT2D eigenvalue weighted by molar-refractivity contribution is 5.93. The second-order valence-electron chi connectivity index (χ2n) is 6.14. The molecule has 7 nitrogen and oxygen atoms in total. The van der Waals surface area contributed by atoms with Crippen molar-refractivity contribution >= 4 is 16.9 Å². The van der Waals surface area contributed by atoms with Gasteiger partial charge in [0.1, 0.15) is 5.82 Å².